The second kappa shape index (κ2) is 6.01. The molecule has 2 unspecified atom stereocenters. The number of methoxy groups -OCH3 is 1. The number of hydrogen-bond acceptors (Lipinski definition) is 3. The molecule has 0 spiro atoms. The Kier molecular flexibility index (Phi) is 3.84. The zero-order valence-electron chi connectivity index (χ0n) is 14.0. The minimum atomic E-state index is -0.0541. The Balaban J connectivity index is 1.55. The molecular formula is C19H23N3O2. The van der Waals surface area contributed by atoms with Gasteiger partial charge in [-0.3, -0.25) is 0 Å². The summed E-state index contributed by atoms with van der Waals surface area (Å²) in [5.74, 6) is 2.85. The fraction of sp³-hybridized carbons (Fsp3) is 0.579. The van der Waals surface area contributed by atoms with Crippen LogP contribution in [-0.2, 0) is 0 Å². The molecule has 2 saturated carbocycles. The number of nitriles is 1. The maximum atomic E-state index is 12.9. The molecule has 2 amide bonds. The second-order valence-electron chi connectivity index (χ2n) is 7.54. The molecule has 5 nitrogen and oxygen atoms in total. The fourth-order valence-electron chi connectivity index (χ4n) is 5.10. The minimum Gasteiger partial charge on any atom is -0.495 e. The summed E-state index contributed by atoms with van der Waals surface area (Å²) in [7, 11) is 1.57. The normalized spacial score (nSPS) is 30.6. The number of nitrogens with zero attached hydrogens (tertiary/aromatic N) is 2. The van der Waals surface area contributed by atoms with Gasteiger partial charge in [-0.05, 0) is 68.1 Å². The molecule has 1 aromatic rings. The van der Waals surface area contributed by atoms with Crippen LogP contribution >= 0.6 is 0 Å². The molecule has 0 radical (unpaired) electrons. The third-order valence-electron chi connectivity index (χ3n) is 5.94. The van der Waals surface area contributed by atoms with E-state index >= 15 is 0 Å². The Morgan fingerprint density at radius 1 is 1.21 bits per heavy atom. The molecule has 24 heavy (non-hydrogen) atoms. The van der Waals surface area contributed by atoms with E-state index in [9.17, 15) is 4.79 Å². The molecule has 126 valence electrons. The zero-order valence-corrected chi connectivity index (χ0v) is 14.0. The van der Waals surface area contributed by atoms with Crippen LogP contribution in [0.2, 0.25) is 0 Å². The van der Waals surface area contributed by atoms with Crippen molar-refractivity contribution in [1.29, 1.82) is 5.26 Å². The van der Waals surface area contributed by atoms with E-state index in [1.165, 1.54) is 19.3 Å². The summed E-state index contributed by atoms with van der Waals surface area (Å²) in [5.41, 5.74) is 1.09. The summed E-state index contributed by atoms with van der Waals surface area (Å²) in [4.78, 5) is 15.0. The molecule has 2 saturated heterocycles. The third kappa shape index (κ3) is 2.71. The van der Waals surface area contributed by atoms with E-state index in [4.69, 9.17) is 10.00 Å². The lowest BCUT2D eigenvalue weighted by Crippen LogP contribution is -2.44. The van der Waals surface area contributed by atoms with Gasteiger partial charge in [0.2, 0.25) is 0 Å². The number of amides is 2. The number of fused-ring (bicyclic) bond motifs is 1. The van der Waals surface area contributed by atoms with Crippen molar-refractivity contribution in [1.82, 2.24) is 4.90 Å². The van der Waals surface area contributed by atoms with Crippen LogP contribution in [0.4, 0.5) is 10.5 Å². The number of rotatable bonds is 2. The van der Waals surface area contributed by atoms with E-state index in [1.807, 2.05) is 4.90 Å². The summed E-state index contributed by atoms with van der Waals surface area (Å²) in [6.45, 7) is 0.865. The Labute approximate surface area is 142 Å². The van der Waals surface area contributed by atoms with Crippen LogP contribution in [0.25, 0.3) is 0 Å². The molecule has 1 N–H and O–H groups in total. The quantitative estimate of drug-likeness (QED) is 0.903. The maximum Gasteiger partial charge on any atom is 0.322 e. The first-order chi connectivity index (χ1) is 11.7. The number of hydrogen-bond donors (Lipinski definition) is 1. The molecule has 2 aliphatic heterocycles. The molecule has 2 heterocycles. The number of ether oxygens (including phenoxy) is 1. The van der Waals surface area contributed by atoms with E-state index in [1.54, 1.807) is 25.3 Å². The lowest BCUT2D eigenvalue weighted by atomic mass is 9.68. The van der Waals surface area contributed by atoms with Gasteiger partial charge in [-0.2, -0.15) is 5.26 Å². The first kappa shape index (κ1) is 15.3. The van der Waals surface area contributed by atoms with Gasteiger partial charge in [0.05, 0.1) is 24.4 Å². The van der Waals surface area contributed by atoms with Gasteiger partial charge < -0.3 is 15.0 Å². The van der Waals surface area contributed by atoms with Crippen LogP contribution < -0.4 is 10.1 Å². The lowest BCUT2D eigenvalue weighted by Gasteiger charge is -2.38. The molecule has 4 fully saturated rings. The largest absolute Gasteiger partial charge is 0.495 e. The number of carbonyl (C=O) groups excluding carboxylic acids is 1. The monoisotopic (exact) mass is 325 g/mol. The summed E-state index contributed by atoms with van der Waals surface area (Å²) in [6.07, 6.45) is 6.22. The van der Waals surface area contributed by atoms with Crippen LogP contribution in [0.1, 0.15) is 37.7 Å². The molecule has 4 bridgehead atoms. The predicted octanol–water partition coefficient (Wildman–Crippen LogP) is 3.61. The van der Waals surface area contributed by atoms with Crippen LogP contribution in [0.5, 0.6) is 5.75 Å². The molecule has 5 heteroatoms. The second-order valence-corrected chi connectivity index (χ2v) is 7.54. The minimum absolute atomic E-state index is 0.0541. The predicted molar refractivity (Wildman–Crippen MR) is 90.8 cm³/mol. The van der Waals surface area contributed by atoms with E-state index < -0.39 is 0 Å². The Morgan fingerprint density at radius 3 is 2.58 bits per heavy atom. The van der Waals surface area contributed by atoms with Crippen molar-refractivity contribution in [2.45, 2.75) is 38.1 Å². The SMILES string of the molecule is COc1ccc(C#N)cc1NC(=O)N1CC2CC3CC(C2)CC1C3. The average Bonchev–Trinajstić information content (AvgIpc) is 2.78. The molecule has 5 rings (SSSR count). The van der Waals surface area contributed by atoms with Gasteiger partial charge in [-0.15, -0.1) is 0 Å². The smallest absolute Gasteiger partial charge is 0.322 e. The van der Waals surface area contributed by atoms with Crippen molar-refractivity contribution in [3.63, 3.8) is 0 Å². The number of nitrogens with one attached hydrogen (secondary N) is 1. The maximum absolute atomic E-state index is 12.9. The highest BCUT2D eigenvalue weighted by Gasteiger charge is 2.44. The standard InChI is InChI=1S/C19H23N3O2/c1-24-18-3-2-12(10-20)9-17(18)21-19(23)22-11-15-5-13-4-14(6-15)8-16(22)7-13/h2-3,9,13-16H,4-8,11H2,1H3,(H,21,23). The van der Waals surface area contributed by atoms with E-state index in [0.717, 1.165) is 31.2 Å². The lowest BCUT2D eigenvalue weighted by molar-refractivity contribution is 0.136. The number of benzene rings is 1. The van der Waals surface area contributed by atoms with Crippen molar-refractivity contribution < 1.29 is 9.53 Å². The summed E-state index contributed by atoms with van der Waals surface area (Å²) in [5, 5.41) is 12.1. The highest BCUT2D eigenvalue weighted by molar-refractivity contribution is 5.91. The van der Waals surface area contributed by atoms with Crippen LogP contribution in [0.15, 0.2) is 18.2 Å². The van der Waals surface area contributed by atoms with Gasteiger partial charge >= 0.3 is 6.03 Å². The first-order valence-electron chi connectivity index (χ1n) is 8.82. The van der Waals surface area contributed by atoms with E-state index in [-0.39, 0.29) is 6.03 Å². The van der Waals surface area contributed by atoms with Crippen molar-refractivity contribution in [3.8, 4) is 11.8 Å². The Bertz CT molecular complexity index is 682. The third-order valence-corrected chi connectivity index (χ3v) is 5.94. The Hall–Kier alpha value is -2.22. The molecule has 1 aromatic carbocycles. The number of anilines is 1. The van der Waals surface area contributed by atoms with E-state index in [0.29, 0.717) is 29.0 Å². The van der Waals surface area contributed by atoms with Crippen LogP contribution in [0, 0.1) is 29.1 Å². The molecule has 2 atom stereocenters. The first-order valence-corrected chi connectivity index (χ1v) is 8.82. The average molecular weight is 325 g/mol. The van der Waals surface area contributed by atoms with Crippen LogP contribution in [-0.4, -0.2) is 30.6 Å². The van der Waals surface area contributed by atoms with Crippen molar-refractivity contribution >= 4 is 11.7 Å². The van der Waals surface area contributed by atoms with Crippen molar-refractivity contribution in [2.75, 3.05) is 19.0 Å². The Morgan fingerprint density at radius 2 is 1.92 bits per heavy atom. The fourth-order valence-corrected chi connectivity index (χ4v) is 5.10. The van der Waals surface area contributed by atoms with Gasteiger partial charge in [-0.1, -0.05) is 0 Å². The van der Waals surface area contributed by atoms with Gasteiger partial charge in [0.15, 0.2) is 0 Å². The summed E-state index contributed by atoms with van der Waals surface area (Å²) >= 11 is 0. The van der Waals surface area contributed by atoms with Gasteiger partial charge in [0.1, 0.15) is 5.75 Å². The van der Waals surface area contributed by atoms with Gasteiger partial charge in [-0.25, -0.2) is 4.79 Å². The van der Waals surface area contributed by atoms with Crippen molar-refractivity contribution in [2.24, 2.45) is 17.8 Å². The molecule has 0 aromatic heterocycles. The van der Waals surface area contributed by atoms with Gasteiger partial charge in [0, 0.05) is 12.6 Å². The van der Waals surface area contributed by atoms with Crippen molar-refractivity contribution in [3.05, 3.63) is 23.8 Å². The number of urea groups is 1. The van der Waals surface area contributed by atoms with Crippen LogP contribution in [0.3, 0.4) is 0 Å². The zero-order chi connectivity index (χ0) is 16.7. The van der Waals surface area contributed by atoms with Gasteiger partial charge in [0.25, 0.3) is 0 Å². The molecule has 4 aliphatic rings. The highest BCUT2D eigenvalue weighted by atomic mass is 16.5. The molecular weight excluding hydrogens is 302 g/mol. The molecule has 2 aliphatic carbocycles. The topological polar surface area (TPSA) is 65.4 Å². The van der Waals surface area contributed by atoms with E-state index in [2.05, 4.69) is 11.4 Å². The summed E-state index contributed by atoms with van der Waals surface area (Å²) in [6, 6.07) is 7.52. The number of carbonyl (C=O) groups is 1. The highest BCUT2D eigenvalue weighted by Crippen LogP contribution is 2.47. The summed E-state index contributed by atoms with van der Waals surface area (Å²) < 4.78 is 5.33.